The Hall–Kier alpha value is -2.35. The molecule has 148 valence electrons. The standard InChI is InChI=1S/C26H34N2/c1-4-6-17-24(25-27-18-20-28(25)19-5-2)26(3,23-15-11-8-12-16-23)21-22-13-9-7-10-14-22/h7-16,18,20,24H,4-6,17,19,21H2,1-3H3. The van der Waals surface area contributed by atoms with Crippen LogP contribution < -0.4 is 0 Å². The van der Waals surface area contributed by atoms with Crippen LogP contribution in [0.4, 0.5) is 0 Å². The molecule has 28 heavy (non-hydrogen) atoms. The Bertz CT molecular complexity index is 822. The number of imidazole rings is 1. The molecule has 0 spiro atoms. The van der Waals surface area contributed by atoms with Gasteiger partial charge in [-0.3, -0.25) is 0 Å². The second-order valence-electron chi connectivity index (χ2n) is 8.12. The van der Waals surface area contributed by atoms with Crippen LogP contribution in [0.15, 0.2) is 73.1 Å². The van der Waals surface area contributed by atoms with E-state index in [1.54, 1.807) is 0 Å². The lowest BCUT2D eigenvalue weighted by Gasteiger charge is -2.39. The molecule has 1 aromatic heterocycles. The predicted molar refractivity (Wildman–Crippen MR) is 119 cm³/mol. The Balaban J connectivity index is 2.09. The third-order valence-electron chi connectivity index (χ3n) is 5.99. The normalized spacial score (nSPS) is 14.5. The number of rotatable bonds is 10. The lowest BCUT2D eigenvalue weighted by Crippen LogP contribution is -2.35. The first kappa shape index (κ1) is 20.4. The number of hydrogen-bond donors (Lipinski definition) is 0. The maximum Gasteiger partial charge on any atom is 0.112 e. The molecular weight excluding hydrogens is 340 g/mol. The zero-order valence-corrected chi connectivity index (χ0v) is 17.6. The highest BCUT2D eigenvalue weighted by Gasteiger charge is 2.38. The summed E-state index contributed by atoms with van der Waals surface area (Å²) in [5, 5.41) is 0. The smallest absolute Gasteiger partial charge is 0.112 e. The van der Waals surface area contributed by atoms with E-state index in [-0.39, 0.29) is 5.41 Å². The summed E-state index contributed by atoms with van der Waals surface area (Å²) in [5.74, 6) is 1.63. The first-order chi connectivity index (χ1) is 13.7. The number of hydrogen-bond acceptors (Lipinski definition) is 1. The summed E-state index contributed by atoms with van der Waals surface area (Å²) in [6.07, 6.45) is 9.89. The lowest BCUT2D eigenvalue weighted by atomic mass is 9.66. The average molecular weight is 375 g/mol. The molecule has 0 saturated heterocycles. The fraction of sp³-hybridized carbons (Fsp3) is 0.423. The Morgan fingerprint density at radius 3 is 2.25 bits per heavy atom. The minimum absolute atomic E-state index is 0.00533. The van der Waals surface area contributed by atoms with Crippen molar-refractivity contribution in [3.05, 3.63) is 90.0 Å². The van der Waals surface area contributed by atoms with Gasteiger partial charge in [0.15, 0.2) is 0 Å². The average Bonchev–Trinajstić information content (AvgIpc) is 3.18. The molecule has 2 aromatic carbocycles. The van der Waals surface area contributed by atoms with Gasteiger partial charge in [-0.05, 0) is 30.4 Å². The van der Waals surface area contributed by atoms with Gasteiger partial charge in [0.05, 0.1) is 0 Å². The second-order valence-corrected chi connectivity index (χ2v) is 8.12. The maximum atomic E-state index is 4.88. The van der Waals surface area contributed by atoms with Crippen LogP contribution in [-0.4, -0.2) is 9.55 Å². The highest BCUT2D eigenvalue weighted by molar-refractivity contribution is 5.33. The molecular formula is C26H34N2. The molecule has 0 aliphatic heterocycles. The Morgan fingerprint density at radius 1 is 0.929 bits per heavy atom. The molecule has 2 atom stereocenters. The molecule has 2 heteroatoms. The van der Waals surface area contributed by atoms with Gasteiger partial charge in [0.2, 0.25) is 0 Å². The van der Waals surface area contributed by atoms with Gasteiger partial charge >= 0.3 is 0 Å². The van der Waals surface area contributed by atoms with Crippen LogP contribution in [-0.2, 0) is 18.4 Å². The lowest BCUT2D eigenvalue weighted by molar-refractivity contribution is 0.325. The van der Waals surface area contributed by atoms with E-state index in [9.17, 15) is 0 Å². The Kier molecular flexibility index (Phi) is 7.08. The third-order valence-corrected chi connectivity index (χ3v) is 5.99. The van der Waals surface area contributed by atoms with Crippen molar-refractivity contribution >= 4 is 0 Å². The number of aryl methyl sites for hydroxylation is 1. The maximum absolute atomic E-state index is 4.88. The van der Waals surface area contributed by atoms with Crippen LogP contribution >= 0.6 is 0 Å². The van der Waals surface area contributed by atoms with Crippen LogP contribution in [0, 0.1) is 0 Å². The molecule has 0 bridgehead atoms. The van der Waals surface area contributed by atoms with E-state index in [4.69, 9.17) is 4.98 Å². The van der Waals surface area contributed by atoms with Crippen molar-refractivity contribution < 1.29 is 0 Å². The van der Waals surface area contributed by atoms with Gasteiger partial charge in [-0.15, -0.1) is 0 Å². The summed E-state index contributed by atoms with van der Waals surface area (Å²) >= 11 is 0. The first-order valence-electron chi connectivity index (χ1n) is 10.8. The van der Waals surface area contributed by atoms with Crippen molar-refractivity contribution in [2.45, 2.75) is 70.8 Å². The number of unbranched alkanes of at least 4 members (excludes halogenated alkanes) is 1. The molecule has 0 aliphatic carbocycles. The highest BCUT2D eigenvalue weighted by atomic mass is 15.1. The van der Waals surface area contributed by atoms with E-state index >= 15 is 0 Å². The van der Waals surface area contributed by atoms with Crippen molar-refractivity contribution in [3.63, 3.8) is 0 Å². The summed E-state index contributed by atoms with van der Waals surface area (Å²) in [6.45, 7) is 8.01. The van der Waals surface area contributed by atoms with Gasteiger partial charge < -0.3 is 4.57 Å². The predicted octanol–water partition coefficient (Wildman–Crippen LogP) is 6.77. The molecule has 1 heterocycles. The van der Waals surface area contributed by atoms with E-state index in [1.807, 2.05) is 6.20 Å². The van der Waals surface area contributed by atoms with Crippen LogP contribution in [0.2, 0.25) is 0 Å². The third kappa shape index (κ3) is 4.55. The van der Waals surface area contributed by atoms with E-state index in [0.29, 0.717) is 5.92 Å². The summed E-state index contributed by atoms with van der Waals surface area (Å²) in [5.41, 5.74) is 2.80. The Morgan fingerprint density at radius 2 is 1.61 bits per heavy atom. The molecule has 2 unspecified atom stereocenters. The van der Waals surface area contributed by atoms with Crippen molar-refractivity contribution in [3.8, 4) is 0 Å². The van der Waals surface area contributed by atoms with Gasteiger partial charge in [-0.25, -0.2) is 4.98 Å². The van der Waals surface area contributed by atoms with E-state index in [0.717, 1.165) is 25.8 Å². The van der Waals surface area contributed by atoms with Gasteiger partial charge in [-0.2, -0.15) is 0 Å². The minimum Gasteiger partial charge on any atom is -0.335 e. The quantitative estimate of drug-likeness (QED) is 0.383. The molecule has 0 fully saturated rings. The van der Waals surface area contributed by atoms with Crippen LogP contribution in [0.1, 0.15) is 69.3 Å². The highest BCUT2D eigenvalue weighted by Crippen LogP contribution is 2.44. The van der Waals surface area contributed by atoms with Crippen LogP contribution in [0.5, 0.6) is 0 Å². The first-order valence-corrected chi connectivity index (χ1v) is 10.8. The monoisotopic (exact) mass is 374 g/mol. The van der Waals surface area contributed by atoms with Gasteiger partial charge in [0.1, 0.15) is 5.82 Å². The number of nitrogens with zero attached hydrogens (tertiary/aromatic N) is 2. The fourth-order valence-corrected chi connectivity index (χ4v) is 4.47. The molecule has 0 radical (unpaired) electrons. The van der Waals surface area contributed by atoms with Crippen LogP contribution in [0.3, 0.4) is 0 Å². The van der Waals surface area contributed by atoms with Crippen molar-refractivity contribution in [1.82, 2.24) is 9.55 Å². The number of benzene rings is 2. The summed E-state index contributed by atoms with van der Waals surface area (Å²) in [6, 6.07) is 22.0. The van der Waals surface area contributed by atoms with Crippen molar-refractivity contribution in [2.24, 2.45) is 0 Å². The molecule has 0 aliphatic rings. The molecule has 0 amide bonds. The van der Waals surface area contributed by atoms with Crippen molar-refractivity contribution in [1.29, 1.82) is 0 Å². The minimum atomic E-state index is -0.00533. The second kappa shape index (κ2) is 9.73. The summed E-state index contributed by atoms with van der Waals surface area (Å²) in [4.78, 5) is 4.88. The largest absolute Gasteiger partial charge is 0.335 e. The zero-order chi connectivity index (χ0) is 19.8. The van der Waals surface area contributed by atoms with E-state index in [1.165, 1.54) is 29.8 Å². The van der Waals surface area contributed by atoms with Gasteiger partial charge in [-0.1, -0.05) is 94.3 Å². The van der Waals surface area contributed by atoms with Crippen molar-refractivity contribution in [2.75, 3.05) is 0 Å². The zero-order valence-electron chi connectivity index (χ0n) is 17.6. The molecule has 2 nitrogen and oxygen atoms in total. The molecule has 0 saturated carbocycles. The summed E-state index contributed by atoms with van der Waals surface area (Å²) < 4.78 is 2.38. The van der Waals surface area contributed by atoms with Gasteiger partial charge in [0.25, 0.3) is 0 Å². The molecule has 3 rings (SSSR count). The van der Waals surface area contributed by atoms with E-state index < -0.39 is 0 Å². The van der Waals surface area contributed by atoms with E-state index in [2.05, 4.69) is 92.2 Å². The molecule has 3 aromatic rings. The fourth-order valence-electron chi connectivity index (χ4n) is 4.47. The Labute approximate surface area is 170 Å². The SMILES string of the molecule is CCCCC(c1nccn1CCC)C(C)(Cc1ccccc1)c1ccccc1. The van der Waals surface area contributed by atoms with Gasteiger partial charge in [0, 0.05) is 30.3 Å². The summed E-state index contributed by atoms with van der Waals surface area (Å²) in [7, 11) is 0. The molecule has 0 N–H and O–H groups in total. The topological polar surface area (TPSA) is 17.8 Å². The van der Waals surface area contributed by atoms with Crippen LogP contribution in [0.25, 0.3) is 0 Å². The number of aromatic nitrogens is 2.